The maximum absolute atomic E-state index is 10.8. The van der Waals surface area contributed by atoms with Crippen molar-refractivity contribution < 1.29 is 19.4 Å². The average Bonchev–Trinajstić information content (AvgIpc) is 2.74. The molecule has 1 aliphatic rings. The van der Waals surface area contributed by atoms with Gasteiger partial charge in [-0.3, -0.25) is 0 Å². The molecule has 1 aliphatic heterocycles. The highest BCUT2D eigenvalue weighted by molar-refractivity contribution is 5.86. The van der Waals surface area contributed by atoms with Gasteiger partial charge in [-0.15, -0.1) is 0 Å². The molecule has 0 aliphatic carbocycles. The van der Waals surface area contributed by atoms with Crippen LogP contribution in [0, 0.1) is 0 Å². The highest BCUT2D eigenvalue weighted by Crippen LogP contribution is 2.42. The minimum Gasteiger partial charge on any atom is -0.483 e. The van der Waals surface area contributed by atoms with Crippen LogP contribution < -0.4 is 9.47 Å². The van der Waals surface area contributed by atoms with Gasteiger partial charge in [0.2, 0.25) is 0 Å². The Balaban J connectivity index is 1.87. The van der Waals surface area contributed by atoms with Gasteiger partial charge in [0.15, 0.2) is 11.5 Å². The van der Waals surface area contributed by atoms with Crippen LogP contribution in [0.5, 0.6) is 17.5 Å². The fourth-order valence-corrected chi connectivity index (χ4v) is 2.25. The fraction of sp³-hybridized carbons (Fsp3) is 0.267. The predicted molar refractivity (Wildman–Crippen MR) is 73.9 cm³/mol. The van der Waals surface area contributed by atoms with Crippen molar-refractivity contribution in [1.82, 2.24) is 9.97 Å². The van der Waals surface area contributed by atoms with Crippen molar-refractivity contribution >= 4 is 5.97 Å². The van der Waals surface area contributed by atoms with Gasteiger partial charge in [-0.25, -0.2) is 14.8 Å². The minimum atomic E-state index is -1.08. The Bertz CT molecular complexity index is 695. The van der Waals surface area contributed by atoms with Gasteiger partial charge in [0.1, 0.15) is 5.60 Å². The Labute approximate surface area is 121 Å². The Hall–Kier alpha value is -2.63. The van der Waals surface area contributed by atoms with Gasteiger partial charge >= 0.3 is 12.0 Å². The second kappa shape index (κ2) is 4.73. The summed E-state index contributed by atoms with van der Waals surface area (Å²) in [4.78, 5) is 18.5. The summed E-state index contributed by atoms with van der Waals surface area (Å²) < 4.78 is 11.5. The quantitative estimate of drug-likeness (QED) is 0.934. The van der Waals surface area contributed by atoms with Crippen LogP contribution >= 0.6 is 0 Å². The molecule has 0 spiro atoms. The maximum Gasteiger partial charge on any atom is 0.338 e. The van der Waals surface area contributed by atoms with E-state index in [1.54, 1.807) is 6.07 Å². The Kier molecular flexibility index (Phi) is 3.01. The highest BCUT2D eigenvalue weighted by Gasteiger charge is 2.32. The third-order valence-electron chi connectivity index (χ3n) is 3.13. The third kappa shape index (κ3) is 2.65. The van der Waals surface area contributed by atoms with E-state index < -0.39 is 5.97 Å². The number of nitrogens with zero attached hydrogens (tertiary/aromatic N) is 2. The summed E-state index contributed by atoms with van der Waals surface area (Å²) in [6, 6.07) is 5.73. The molecule has 2 aromatic rings. The standard InChI is InChI=1S/C15H14N2O4/c1-15(2)6-9-4-3-5-11(12(9)21-15)20-14-16-7-10(8-17-14)13(18)19/h3-5,7-8H,6H2,1-2H3,(H,18,19). The van der Waals surface area contributed by atoms with E-state index in [0.717, 1.165) is 12.0 Å². The van der Waals surface area contributed by atoms with Crippen molar-refractivity contribution in [3.8, 4) is 17.5 Å². The first-order valence-corrected chi connectivity index (χ1v) is 6.49. The summed E-state index contributed by atoms with van der Waals surface area (Å²) in [5.41, 5.74) is 0.813. The summed E-state index contributed by atoms with van der Waals surface area (Å²) in [5, 5.41) is 8.81. The van der Waals surface area contributed by atoms with Gasteiger partial charge in [-0.05, 0) is 19.9 Å². The highest BCUT2D eigenvalue weighted by atomic mass is 16.5. The minimum absolute atomic E-state index is 0.0121. The first kappa shape index (κ1) is 13.4. The number of ether oxygens (including phenoxy) is 2. The average molecular weight is 286 g/mol. The molecule has 21 heavy (non-hydrogen) atoms. The van der Waals surface area contributed by atoms with Gasteiger partial charge in [-0.1, -0.05) is 12.1 Å². The lowest BCUT2D eigenvalue weighted by Gasteiger charge is -2.17. The van der Waals surface area contributed by atoms with E-state index in [2.05, 4.69) is 9.97 Å². The van der Waals surface area contributed by atoms with Gasteiger partial charge in [-0.2, -0.15) is 0 Å². The second-order valence-electron chi connectivity index (χ2n) is 5.44. The smallest absolute Gasteiger partial charge is 0.338 e. The molecule has 0 bridgehead atoms. The number of carboxylic acids is 1. The number of aromatic nitrogens is 2. The largest absolute Gasteiger partial charge is 0.483 e. The number of carbonyl (C=O) groups is 1. The SMILES string of the molecule is CC1(C)Cc2cccc(Oc3ncc(C(=O)O)cn3)c2O1. The van der Waals surface area contributed by atoms with E-state index >= 15 is 0 Å². The molecule has 2 heterocycles. The number of para-hydroxylation sites is 1. The zero-order valence-electron chi connectivity index (χ0n) is 11.7. The summed E-state index contributed by atoms with van der Waals surface area (Å²) in [6.45, 7) is 4.02. The van der Waals surface area contributed by atoms with E-state index in [0.29, 0.717) is 11.5 Å². The number of fused-ring (bicyclic) bond motifs is 1. The van der Waals surface area contributed by atoms with Crippen LogP contribution in [0.25, 0.3) is 0 Å². The first-order valence-electron chi connectivity index (χ1n) is 6.49. The van der Waals surface area contributed by atoms with E-state index in [1.807, 2.05) is 26.0 Å². The van der Waals surface area contributed by atoms with Crippen LogP contribution in [0.3, 0.4) is 0 Å². The predicted octanol–water partition coefficient (Wildman–Crippen LogP) is 2.68. The molecule has 3 rings (SSSR count). The molecule has 1 N–H and O–H groups in total. The van der Waals surface area contributed by atoms with Crippen molar-refractivity contribution in [2.75, 3.05) is 0 Å². The molecular formula is C15H14N2O4. The van der Waals surface area contributed by atoms with Gasteiger partial charge in [0, 0.05) is 24.4 Å². The van der Waals surface area contributed by atoms with Crippen molar-refractivity contribution in [2.45, 2.75) is 25.9 Å². The van der Waals surface area contributed by atoms with Crippen molar-refractivity contribution in [1.29, 1.82) is 0 Å². The number of hydrogen-bond donors (Lipinski definition) is 1. The van der Waals surface area contributed by atoms with Gasteiger partial charge < -0.3 is 14.6 Å². The maximum atomic E-state index is 10.8. The van der Waals surface area contributed by atoms with Crippen molar-refractivity contribution in [3.63, 3.8) is 0 Å². The molecule has 1 aromatic heterocycles. The third-order valence-corrected chi connectivity index (χ3v) is 3.13. The van der Waals surface area contributed by atoms with Crippen LogP contribution in [-0.4, -0.2) is 26.6 Å². The van der Waals surface area contributed by atoms with Crippen LogP contribution in [0.15, 0.2) is 30.6 Å². The van der Waals surface area contributed by atoms with Crippen LogP contribution in [-0.2, 0) is 6.42 Å². The number of benzene rings is 1. The lowest BCUT2D eigenvalue weighted by atomic mass is 10.0. The number of hydrogen-bond acceptors (Lipinski definition) is 5. The molecule has 0 saturated heterocycles. The summed E-state index contributed by atoms with van der Waals surface area (Å²) in [7, 11) is 0. The summed E-state index contributed by atoms with van der Waals surface area (Å²) in [6.07, 6.45) is 3.22. The van der Waals surface area contributed by atoms with Gasteiger partial charge in [0.05, 0.1) is 5.56 Å². The molecule has 1 aromatic carbocycles. The molecule has 108 valence electrons. The molecule has 0 saturated carbocycles. The Morgan fingerprint density at radius 1 is 1.33 bits per heavy atom. The van der Waals surface area contributed by atoms with Crippen LogP contribution in [0.2, 0.25) is 0 Å². The van der Waals surface area contributed by atoms with Gasteiger partial charge in [0.25, 0.3) is 0 Å². The van der Waals surface area contributed by atoms with E-state index in [1.165, 1.54) is 12.4 Å². The molecule has 0 atom stereocenters. The lowest BCUT2D eigenvalue weighted by Crippen LogP contribution is -2.24. The van der Waals surface area contributed by atoms with Crippen LogP contribution in [0.4, 0.5) is 0 Å². The Morgan fingerprint density at radius 2 is 2.05 bits per heavy atom. The zero-order valence-corrected chi connectivity index (χ0v) is 11.7. The summed E-state index contributed by atoms with van der Waals surface area (Å²) >= 11 is 0. The van der Waals surface area contributed by atoms with Crippen molar-refractivity contribution in [2.24, 2.45) is 0 Å². The fourth-order valence-electron chi connectivity index (χ4n) is 2.25. The zero-order chi connectivity index (χ0) is 15.0. The van der Waals surface area contributed by atoms with E-state index in [-0.39, 0.29) is 17.2 Å². The molecule has 0 amide bonds. The Morgan fingerprint density at radius 3 is 2.71 bits per heavy atom. The molecule has 6 heteroatoms. The number of rotatable bonds is 3. The lowest BCUT2D eigenvalue weighted by molar-refractivity contribution is 0.0695. The molecule has 0 radical (unpaired) electrons. The normalized spacial score (nSPS) is 15.1. The topological polar surface area (TPSA) is 81.5 Å². The van der Waals surface area contributed by atoms with E-state index in [4.69, 9.17) is 14.6 Å². The molecular weight excluding hydrogens is 272 g/mol. The summed E-state index contributed by atoms with van der Waals surface area (Å²) in [5.74, 6) is 0.141. The number of aromatic carboxylic acids is 1. The molecule has 0 unspecified atom stereocenters. The molecule has 6 nitrogen and oxygen atoms in total. The molecule has 0 fully saturated rings. The van der Waals surface area contributed by atoms with Crippen molar-refractivity contribution in [3.05, 3.63) is 41.7 Å². The number of carboxylic acid groups (broad SMARTS) is 1. The second-order valence-corrected chi connectivity index (χ2v) is 5.44. The first-order chi connectivity index (χ1) is 9.94. The van der Waals surface area contributed by atoms with Crippen LogP contribution in [0.1, 0.15) is 29.8 Å². The van der Waals surface area contributed by atoms with E-state index in [9.17, 15) is 4.79 Å². The monoisotopic (exact) mass is 286 g/mol.